The second-order valence-corrected chi connectivity index (χ2v) is 4.63. The molecule has 0 aromatic heterocycles. The zero-order valence-electron chi connectivity index (χ0n) is 11.8. The molecule has 2 unspecified atom stereocenters. The molecule has 1 aromatic rings. The second-order valence-electron chi connectivity index (χ2n) is 4.63. The highest BCUT2D eigenvalue weighted by Gasteiger charge is 2.17. The fourth-order valence-electron chi connectivity index (χ4n) is 1.91. The summed E-state index contributed by atoms with van der Waals surface area (Å²) in [5.41, 5.74) is 6.83. The van der Waals surface area contributed by atoms with Gasteiger partial charge in [0.05, 0.1) is 12.0 Å². The minimum Gasteiger partial charge on any atom is -0.377 e. The van der Waals surface area contributed by atoms with Gasteiger partial charge in [0.1, 0.15) is 0 Å². The fourth-order valence-corrected chi connectivity index (χ4v) is 1.91. The van der Waals surface area contributed by atoms with Gasteiger partial charge in [-0.05, 0) is 25.8 Å². The molecule has 1 amide bonds. The summed E-state index contributed by atoms with van der Waals surface area (Å²) in [6.45, 7) is 5.41. The number of carbonyl (C=O) groups excluding carboxylic acids is 1. The van der Waals surface area contributed by atoms with Crippen LogP contribution in [0.1, 0.15) is 19.4 Å². The molecule has 0 aliphatic carbocycles. The minimum absolute atomic E-state index is 0.00194. The third-order valence-corrected chi connectivity index (χ3v) is 3.00. The molecule has 0 fully saturated rings. The van der Waals surface area contributed by atoms with E-state index in [2.05, 4.69) is 5.32 Å². The van der Waals surface area contributed by atoms with E-state index in [-0.39, 0.29) is 17.9 Å². The van der Waals surface area contributed by atoms with E-state index < -0.39 is 0 Å². The Morgan fingerprint density at radius 2 is 2.05 bits per heavy atom. The van der Waals surface area contributed by atoms with Crippen LogP contribution in [0.5, 0.6) is 0 Å². The Bertz CT molecular complexity index is 368. The van der Waals surface area contributed by atoms with Gasteiger partial charge in [-0.2, -0.15) is 0 Å². The lowest BCUT2D eigenvalue weighted by Gasteiger charge is -2.17. The molecule has 0 spiro atoms. The maximum absolute atomic E-state index is 12.0. The van der Waals surface area contributed by atoms with Gasteiger partial charge in [-0.25, -0.2) is 0 Å². The van der Waals surface area contributed by atoms with E-state index in [1.807, 2.05) is 44.2 Å². The van der Waals surface area contributed by atoms with Crippen molar-refractivity contribution in [2.45, 2.75) is 26.4 Å². The summed E-state index contributed by atoms with van der Waals surface area (Å²) in [4.78, 5) is 12.0. The number of hydrogen-bond acceptors (Lipinski definition) is 3. The number of rotatable bonds is 8. The molecule has 0 radical (unpaired) electrons. The predicted molar refractivity (Wildman–Crippen MR) is 76.8 cm³/mol. The van der Waals surface area contributed by atoms with Crippen molar-refractivity contribution in [1.29, 1.82) is 0 Å². The van der Waals surface area contributed by atoms with Gasteiger partial charge in [-0.1, -0.05) is 30.3 Å². The monoisotopic (exact) mass is 264 g/mol. The minimum atomic E-state index is -0.184. The molecular formula is C15H24N2O2. The highest BCUT2D eigenvalue weighted by atomic mass is 16.5. The molecule has 4 nitrogen and oxygen atoms in total. The Balaban J connectivity index is 2.44. The fraction of sp³-hybridized carbons (Fsp3) is 0.533. The molecule has 3 N–H and O–H groups in total. The van der Waals surface area contributed by atoms with Crippen molar-refractivity contribution in [2.75, 3.05) is 19.7 Å². The first-order chi connectivity index (χ1) is 9.17. The SMILES string of the molecule is CCOC(C)CNC(=O)C(CN)Cc1ccccc1. The Kier molecular flexibility index (Phi) is 7.15. The molecule has 4 heteroatoms. The molecule has 2 atom stereocenters. The quantitative estimate of drug-likeness (QED) is 0.745. The molecule has 1 aromatic carbocycles. The van der Waals surface area contributed by atoms with Crippen molar-refractivity contribution < 1.29 is 9.53 Å². The maximum Gasteiger partial charge on any atom is 0.224 e. The average molecular weight is 264 g/mol. The molecule has 0 saturated heterocycles. The highest BCUT2D eigenvalue weighted by Crippen LogP contribution is 2.08. The van der Waals surface area contributed by atoms with E-state index in [9.17, 15) is 4.79 Å². The van der Waals surface area contributed by atoms with Crippen LogP contribution in [0.3, 0.4) is 0 Å². The Morgan fingerprint density at radius 1 is 1.37 bits per heavy atom. The molecule has 0 aliphatic rings. The average Bonchev–Trinajstić information content (AvgIpc) is 2.43. The van der Waals surface area contributed by atoms with Crippen LogP contribution >= 0.6 is 0 Å². The van der Waals surface area contributed by atoms with Crippen LogP contribution in [-0.4, -0.2) is 31.7 Å². The number of amides is 1. The van der Waals surface area contributed by atoms with E-state index in [0.29, 0.717) is 26.1 Å². The van der Waals surface area contributed by atoms with Crippen LogP contribution in [0.25, 0.3) is 0 Å². The largest absolute Gasteiger partial charge is 0.377 e. The van der Waals surface area contributed by atoms with Gasteiger partial charge < -0.3 is 15.8 Å². The van der Waals surface area contributed by atoms with E-state index in [4.69, 9.17) is 10.5 Å². The number of nitrogens with one attached hydrogen (secondary N) is 1. The third-order valence-electron chi connectivity index (χ3n) is 3.00. The van der Waals surface area contributed by atoms with Crippen molar-refractivity contribution in [3.05, 3.63) is 35.9 Å². The number of nitrogens with two attached hydrogens (primary N) is 1. The number of carbonyl (C=O) groups is 1. The maximum atomic E-state index is 12.0. The molecular weight excluding hydrogens is 240 g/mol. The van der Waals surface area contributed by atoms with Gasteiger partial charge in [-0.15, -0.1) is 0 Å². The first-order valence-electron chi connectivity index (χ1n) is 6.80. The van der Waals surface area contributed by atoms with Crippen LogP contribution in [0.2, 0.25) is 0 Å². The lowest BCUT2D eigenvalue weighted by molar-refractivity contribution is -0.125. The lowest BCUT2D eigenvalue weighted by atomic mass is 9.98. The van der Waals surface area contributed by atoms with Crippen molar-refractivity contribution in [2.24, 2.45) is 11.7 Å². The van der Waals surface area contributed by atoms with Crippen molar-refractivity contribution in [1.82, 2.24) is 5.32 Å². The molecule has 0 aliphatic heterocycles. The zero-order valence-corrected chi connectivity index (χ0v) is 11.8. The highest BCUT2D eigenvalue weighted by molar-refractivity contribution is 5.79. The van der Waals surface area contributed by atoms with E-state index in [1.54, 1.807) is 0 Å². The van der Waals surface area contributed by atoms with Crippen LogP contribution in [-0.2, 0) is 16.0 Å². The molecule has 1 rings (SSSR count). The lowest BCUT2D eigenvalue weighted by Crippen LogP contribution is -2.40. The van der Waals surface area contributed by atoms with Crippen molar-refractivity contribution >= 4 is 5.91 Å². The van der Waals surface area contributed by atoms with Gasteiger partial charge in [0.2, 0.25) is 5.91 Å². The van der Waals surface area contributed by atoms with Crippen molar-refractivity contribution in [3.8, 4) is 0 Å². The van der Waals surface area contributed by atoms with Crippen LogP contribution in [0, 0.1) is 5.92 Å². The van der Waals surface area contributed by atoms with Gasteiger partial charge in [-0.3, -0.25) is 4.79 Å². The second kappa shape index (κ2) is 8.67. The van der Waals surface area contributed by atoms with Gasteiger partial charge >= 0.3 is 0 Å². The van der Waals surface area contributed by atoms with Crippen LogP contribution < -0.4 is 11.1 Å². The van der Waals surface area contributed by atoms with Crippen molar-refractivity contribution in [3.63, 3.8) is 0 Å². The first-order valence-corrected chi connectivity index (χ1v) is 6.80. The van der Waals surface area contributed by atoms with Gasteiger partial charge in [0.25, 0.3) is 0 Å². The number of ether oxygens (including phenoxy) is 1. The van der Waals surface area contributed by atoms with E-state index >= 15 is 0 Å². The molecule has 0 saturated carbocycles. The summed E-state index contributed by atoms with van der Waals surface area (Å²) in [5.74, 6) is -0.186. The summed E-state index contributed by atoms with van der Waals surface area (Å²) in [6, 6.07) is 9.93. The molecule has 0 heterocycles. The van der Waals surface area contributed by atoms with Crippen LogP contribution in [0.4, 0.5) is 0 Å². The standard InChI is InChI=1S/C15H24N2O2/c1-3-19-12(2)11-17-15(18)14(10-16)9-13-7-5-4-6-8-13/h4-8,12,14H,3,9-11,16H2,1-2H3,(H,17,18). The summed E-state index contributed by atoms with van der Waals surface area (Å²) >= 11 is 0. The zero-order chi connectivity index (χ0) is 14.1. The predicted octanol–water partition coefficient (Wildman–Crippen LogP) is 1.35. The summed E-state index contributed by atoms with van der Waals surface area (Å²) in [5, 5.41) is 2.89. The normalized spacial score (nSPS) is 13.8. The molecule has 106 valence electrons. The number of hydrogen-bond donors (Lipinski definition) is 2. The number of benzene rings is 1. The topological polar surface area (TPSA) is 64.3 Å². The Hall–Kier alpha value is -1.39. The molecule has 0 bridgehead atoms. The third kappa shape index (κ3) is 5.85. The summed E-state index contributed by atoms with van der Waals surface area (Å²) < 4.78 is 5.38. The van der Waals surface area contributed by atoms with Gasteiger partial charge in [0, 0.05) is 19.7 Å². The molecule has 19 heavy (non-hydrogen) atoms. The summed E-state index contributed by atoms with van der Waals surface area (Å²) in [6.07, 6.45) is 0.704. The summed E-state index contributed by atoms with van der Waals surface area (Å²) in [7, 11) is 0. The van der Waals surface area contributed by atoms with E-state index in [0.717, 1.165) is 5.56 Å². The first kappa shape index (κ1) is 15.7. The van der Waals surface area contributed by atoms with Gasteiger partial charge in [0.15, 0.2) is 0 Å². The Labute approximate surface area is 115 Å². The van der Waals surface area contributed by atoms with E-state index in [1.165, 1.54) is 0 Å². The smallest absolute Gasteiger partial charge is 0.224 e. The van der Waals surface area contributed by atoms with Crippen LogP contribution in [0.15, 0.2) is 30.3 Å². The Morgan fingerprint density at radius 3 is 2.63 bits per heavy atom.